The molecule has 2 rings (SSSR count). The summed E-state index contributed by atoms with van der Waals surface area (Å²) in [5.74, 6) is 3.10. The fourth-order valence-corrected chi connectivity index (χ4v) is 3.75. The van der Waals surface area contributed by atoms with Crippen molar-refractivity contribution in [3.63, 3.8) is 0 Å². The molecule has 1 heteroatoms. The molecule has 0 aromatic heterocycles. The molecule has 2 aliphatic carbocycles. The van der Waals surface area contributed by atoms with E-state index in [0.717, 1.165) is 17.8 Å². The van der Waals surface area contributed by atoms with Crippen molar-refractivity contribution in [2.75, 3.05) is 6.54 Å². The van der Waals surface area contributed by atoms with E-state index in [4.69, 9.17) is 0 Å². The summed E-state index contributed by atoms with van der Waals surface area (Å²) in [6.45, 7) is 10.5. The fraction of sp³-hybridized carbons (Fsp3) is 1.00. The van der Waals surface area contributed by atoms with E-state index in [1.165, 1.54) is 38.6 Å². The molecule has 2 unspecified atom stereocenters. The first-order chi connectivity index (χ1) is 8.01. The summed E-state index contributed by atoms with van der Waals surface area (Å²) < 4.78 is 0. The van der Waals surface area contributed by atoms with Crippen molar-refractivity contribution in [2.45, 2.75) is 72.3 Å². The minimum absolute atomic E-state index is 0.647. The normalized spacial score (nSPS) is 35.6. The third-order valence-corrected chi connectivity index (χ3v) is 4.83. The largest absolute Gasteiger partial charge is 0.314 e. The zero-order valence-corrected chi connectivity index (χ0v) is 12.3. The van der Waals surface area contributed by atoms with Gasteiger partial charge in [0.05, 0.1) is 0 Å². The monoisotopic (exact) mass is 237 g/mol. The maximum Gasteiger partial charge on any atom is 0.00106 e. The molecule has 0 aromatic carbocycles. The molecule has 2 atom stereocenters. The van der Waals surface area contributed by atoms with Gasteiger partial charge in [-0.3, -0.25) is 0 Å². The number of nitrogens with one attached hydrogen (secondary N) is 1. The van der Waals surface area contributed by atoms with Crippen molar-refractivity contribution in [3.05, 3.63) is 0 Å². The predicted molar refractivity (Wildman–Crippen MR) is 75.1 cm³/mol. The first-order valence-corrected chi connectivity index (χ1v) is 7.74. The summed E-state index contributed by atoms with van der Waals surface area (Å²) in [6, 6.07) is 0.647. The topological polar surface area (TPSA) is 12.0 Å². The molecule has 0 spiro atoms. The highest BCUT2D eigenvalue weighted by Crippen LogP contribution is 2.61. The number of rotatable bonds is 7. The van der Waals surface area contributed by atoms with E-state index in [-0.39, 0.29) is 0 Å². The van der Waals surface area contributed by atoms with Crippen LogP contribution >= 0.6 is 0 Å². The molecule has 17 heavy (non-hydrogen) atoms. The SMILES string of the molecule is CC(C)CCCC1(CNC(C)C)CC2CC2C1. The van der Waals surface area contributed by atoms with Gasteiger partial charge in [-0.2, -0.15) is 0 Å². The van der Waals surface area contributed by atoms with Gasteiger partial charge < -0.3 is 5.32 Å². The maximum absolute atomic E-state index is 3.71. The van der Waals surface area contributed by atoms with Crippen LogP contribution in [0, 0.1) is 23.2 Å². The van der Waals surface area contributed by atoms with Crippen LogP contribution in [0.2, 0.25) is 0 Å². The van der Waals surface area contributed by atoms with Gasteiger partial charge in [0.15, 0.2) is 0 Å². The van der Waals surface area contributed by atoms with Crippen molar-refractivity contribution in [2.24, 2.45) is 23.2 Å². The van der Waals surface area contributed by atoms with Gasteiger partial charge in [0.1, 0.15) is 0 Å². The lowest BCUT2D eigenvalue weighted by Gasteiger charge is -2.32. The third-order valence-electron chi connectivity index (χ3n) is 4.83. The van der Waals surface area contributed by atoms with Crippen molar-refractivity contribution < 1.29 is 0 Å². The third kappa shape index (κ3) is 3.71. The molecule has 2 fully saturated rings. The van der Waals surface area contributed by atoms with E-state index in [2.05, 4.69) is 33.0 Å². The molecule has 2 saturated carbocycles. The second kappa shape index (κ2) is 5.30. The first kappa shape index (κ1) is 13.4. The Hall–Kier alpha value is -0.0400. The zero-order chi connectivity index (χ0) is 12.5. The molecular weight excluding hydrogens is 206 g/mol. The molecular formula is C16H31N. The Balaban J connectivity index is 1.80. The minimum atomic E-state index is 0.647. The minimum Gasteiger partial charge on any atom is -0.314 e. The Bertz CT molecular complexity index is 234. The molecule has 0 saturated heterocycles. The van der Waals surface area contributed by atoms with Crippen molar-refractivity contribution in [1.82, 2.24) is 5.32 Å². The molecule has 0 aromatic rings. The second-order valence-corrected chi connectivity index (χ2v) is 7.49. The Kier molecular flexibility index (Phi) is 4.18. The van der Waals surface area contributed by atoms with E-state index in [0.29, 0.717) is 11.5 Å². The van der Waals surface area contributed by atoms with Gasteiger partial charge in [-0.1, -0.05) is 40.5 Å². The van der Waals surface area contributed by atoms with Gasteiger partial charge in [0.2, 0.25) is 0 Å². The highest BCUT2D eigenvalue weighted by Gasteiger charge is 2.52. The summed E-state index contributed by atoms with van der Waals surface area (Å²) in [5, 5.41) is 3.71. The van der Waals surface area contributed by atoms with Gasteiger partial charge in [0, 0.05) is 12.6 Å². The van der Waals surface area contributed by atoms with Gasteiger partial charge in [-0.05, 0) is 48.9 Å². The van der Waals surface area contributed by atoms with Crippen LogP contribution in [0.5, 0.6) is 0 Å². The summed E-state index contributed by atoms with van der Waals surface area (Å²) in [6.07, 6.45) is 8.92. The Morgan fingerprint density at radius 1 is 1.12 bits per heavy atom. The summed E-state index contributed by atoms with van der Waals surface area (Å²) in [5.41, 5.74) is 0.673. The lowest BCUT2D eigenvalue weighted by Crippen LogP contribution is -2.37. The summed E-state index contributed by atoms with van der Waals surface area (Å²) in [7, 11) is 0. The highest BCUT2D eigenvalue weighted by atomic mass is 14.9. The van der Waals surface area contributed by atoms with Crippen LogP contribution in [0.3, 0.4) is 0 Å². The molecule has 0 aliphatic heterocycles. The molecule has 1 N–H and O–H groups in total. The first-order valence-electron chi connectivity index (χ1n) is 7.74. The van der Waals surface area contributed by atoms with Crippen molar-refractivity contribution in [3.8, 4) is 0 Å². The van der Waals surface area contributed by atoms with Crippen LogP contribution in [-0.4, -0.2) is 12.6 Å². The lowest BCUT2D eigenvalue weighted by molar-refractivity contribution is 0.213. The Morgan fingerprint density at radius 2 is 1.76 bits per heavy atom. The number of fused-ring (bicyclic) bond motifs is 1. The molecule has 0 radical (unpaired) electrons. The van der Waals surface area contributed by atoms with E-state index >= 15 is 0 Å². The van der Waals surface area contributed by atoms with Crippen molar-refractivity contribution >= 4 is 0 Å². The van der Waals surface area contributed by atoms with Crippen LogP contribution in [-0.2, 0) is 0 Å². The van der Waals surface area contributed by atoms with Crippen LogP contribution in [0.15, 0.2) is 0 Å². The van der Waals surface area contributed by atoms with Crippen LogP contribution < -0.4 is 5.32 Å². The van der Waals surface area contributed by atoms with Crippen LogP contribution in [0.1, 0.15) is 66.2 Å². The van der Waals surface area contributed by atoms with Crippen LogP contribution in [0.4, 0.5) is 0 Å². The number of hydrogen-bond donors (Lipinski definition) is 1. The predicted octanol–water partition coefficient (Wildman–Crippen LogP) is 4.23. The average molecular weight is 237 g/mol. The quantitative estimate of drug-likeness (QED) is 0.699. The lowest BCUT2D eigenvalue weighted by atomic mass is 9.77. The number of hydrogen-bond acceptors (Lipinski definition) is 1. The van der Waals surface area contributed by atoms with E-state index < -0.39 is 0 Å². The van der Waals surface area contributed by atoms with E-state index in [1.54, 1.807) is 6.42 Å². The average Bonchev–Trinajstić information content (AvgIpc) is 2.84. The smallest absolute Gasteiger partial charge is 0.00106 e. The van der Waals surface area contributed by atoms with Crippen molar-refractivity contribution in [1.29, 1.82) is 0 Å². The fourth-order valence-electron chi connectivity index (χ4n) is 3.75. The summed E-state index contributed by atoms with van der Waals surface area (Å²) in [4.78, 5) is 0. The maximum atomic E-state index is 3.71. The molecule has 1 nitrogen and oxygen atoms in total. The van der Waals surface area contributed by atoms with E-state index in [9.17, 15) is 0 Å². The zero-order valence-electron chi connectivity index (χ0n) is 12.3. The Labute approximate surface area is 108 Å². The van der Waals surface area contributed by atoms with Gasteiger partial charge in [0.25, 0.3) is 0 Å². The summed E-state index contributed by atoms with van der Waals surface area (Å²) >= 11 is 0. The Morgan fingerprint density at radius 3 is 2.29 bits per heavy atom. The van der Waals surface area contributed by atoms with Gasteiger partial charge in [-0.25, -0.2) is 0 Å². The highest BCUT2D eigenvalue weighted by molar-refractivity contribution is 5.04. The molecule has 0 bridgehead atoms. The second-order valence-electron chi connectivity index (χ2n) is 7.49. The molecule has 0 heterocycles. The molecule has 0 amide bonds. The molecule has 2 aliphatic rings. The van der Waals surface area contributed by atoms with Crippen LogP contribution in [0.25, 0.3) is 0 Å². The van der Waals surface area contributed by atoms with Gasteiger partial charge in [-0.15, -0.1) is 0 Å². The van der Waals surface area contributed by atoms with Gasteiger partial charge >= 0.3 is 0 Å². The van der Waals surface area contributed by atoms with E-state index in [1.807, 2.05) is 0 Å². The standard InChI is InChI=1S/C16H31N/c1-12(2)6-5-7-16(11-17-13(3)4)9-14-8-15(14)10-16/h12-15,17H,5-11H2,1-4H3. The molecule has 100 valence electrons.